The van der Waals surface area contributed by atoms with Crippen molar-refractivity contribution in [3.8, 4) is 0 Å². The van der Waals surface area contributed by atoms with Gasteiger partial charge in [-0.05, 0) is 42.7 Å². The van der Waals surface area contributed by atoms with Crippen LogP contribution in [0.5, 0.6) is 0 Å². The summed E-state index contributed by atoms with van der Waals surface area (Å²) in [4.78, 5) is 14.3. The molecule has 0 aliphatic carbocycles. The molecular formula is C18H19FN2O. The first-order valence-electron chi connectivity index (χ1n) is 7.49. The van der Waals surface area contributed by atoms with Crippen LogP contribution in [0.15, 0.2) is 48.5 Å². The molecule has 0 radical (unpaired) electrons. The molecule has 0 bridgehead atoms. The lowest BCUT2D eigenvalue weighted by Crippen LogP contribution is -2.39. The number of halogens is 1. The molecule has 3 nitrogen and oxygen atoms in total. The van der Waals surface area contributed by atoms with Crippen molar-refractivity contribution in [2.45, 2.75) is 25.9 Å². The van der Waals surface area contributed by atoms with E-state index >= 15 is 0 Å². The Hall–Kier alpha value is -2.36. The van der Waals surface area contributed by atoms with E-state index in [0.29, 0.717) is 19.1 Å². The van der Waals surface area contributed by atoms with E-state index in [9.17, 15) is 9.18 Å². The van der Waals surface area contributed by atoms with Crippen molar-refractivity contribution in [3.63, 3.8) is 0 Å². The van der Waals surface area contributed by atoms with Crippen LogP contribution in [-0.2, 0) is 17.8 Å². The van der Waals surface area contributed by atoms with Gasteiger partial charge in [-0.1, -0.05) is 30.3 Å². The summed E-state index contributed by atoms with van der Waals surface area (Å²) in [5.74, 6) is -0.287. The summed E-state index contributed by atoms with van der Waals surface area (Å²) in [7, 11) is 0. The van der Waals surface area contributed by atoms with Gasteiger partial charge in [0.2, 0.25) is 5.91 Å². The van der Waals surface area contributed by atoms with Crippen LogP contribution in [0.2, 0.25) is 0 Å². The number of rotatable bonds is 4. The highest BCUT2D eigenvalue weighted by Gasteiger charge is 2.26. The minimum absolute atomic E-state index is 0.0205. The van der Waals surface area contributed by atoms with Crippen LogP contribution >= 0.6 is 0 Å². The monoisotopic (exact) mass is 298 g/mol. The molecule has 1 N–H and O–H groups in total. The quantitative estimate of drug-likeness (QED) is 0.941. The summed E-state index contributed by atoms with van der Waals surface area (Å²) >= 11 is 0. The summed E-state index contributed by atoms with van der Waals surface area (Å²) in [6.45, 7) is 2.90. The van der Waals surface area contributed by atoms with Gasteiger partial charge in [-0.2, -0.15) is 0 Å². The number of carbonyl (C=O) groups is 1. The summed E-state index contributed by atoms with van der Waals surface area (Å²) in [6.07, 6.45) is 0.974. The Bertz CT molecular complexity index is 669. The Morgan fingerprint density at radius 1 is 1.23 bits per heavy atom. The van der Waals surface area contributed by atoms with Gasteiger partial charge in [0.15, 0.2) is 0 Å². The summed E-state index contributed by atoms with van der Waals surface area (Å²) in [6, 6.07) is 14.7. The highest BCUT2D eigenvalue weighted by atomic mass is 19.1. The van der Waals surface area contributed by atoms with E-state index in [1.165, 1.54) is 17.7 Å². The second-order valence-electron chi connectivity index (χ2n) is 5.71. The van der Waals surface area contributed by atoms with Gasteiger partial charge in [0.1, 0.15) is 5.82 Å². The fourth-order valence-corrected chi connectivity index (χ4v) is 2.88. The molecular weight excluding hydrogens is 279 g/mol. The van der Waals surface area contributed by atoms with Gasteiger partial charge < -0.3 is 10.2 Å². The van der Waals surface area contributed by atoms with Gasteiger partial charge in [-0.25, -0.2) is 4.39 Å². The largest absolute Gasteiger partial charge is 0.359 e. The second-order valence-corrected chi connectivity index (χ2v) is 5.71. The van der Waals surface area contributed by atoms with Crippen LogP contribution in [0.1, 0.15) is 18.1 Å². The van der Waals surface area contributed by atoms with E-state index in [-0.39, 0.29) is 11.7 Å². The lowest BCUT2D eigenvalue weighted by atomic mass is 10.1. The van der Waals surface area contributed by atoms with E-state index in [2.05, 4.69) is 29.3 Å². The van der Waals surface area contributed by atoms with Gasteiger partial charge in [0.25, 0.3) is 0 Å². The minimum Gasteiger partial charge on any atom is -0.359 e. The third-order valence-electron chi connectivity index (χ3n) is 4.07. The average molecular weight is 298 g/mol. The fourth-order valence-electron chi connectivity index (χ4n) is 2.88. The number of fused-ring (bicyclic) bond motifs is 1. The number of anilines is 1. The normalized spacial score (nSPS) is 16.5. The molecule has 0 spiro atoms. The zero-order valence-corrected chi connectivity index (χ0v) is 12.6. The number of para-hydroxylation sites is 1. The number of amides is 1. The maximum Gasteiger partial charge on any atom is 0.239 e. The van der Waals surface area contributed by atoms with Crippen molar-refractivity contribution in [3.05, 3.63) is 65.5 Å². The Kier molecular flexibility index (Phi) is 4.09. The van der Waals surface area contributed by atoms with Crippen LogP contribution in [0, 0.1) is 5.82 Å². The summed E-state index contributed by atoms with van der Waals surface area (Å²) in [5, 5.41) is 2.89. The number of hydrogen-bond donors (Lipinski definition) is 1. The molecule has 3 rings (SSSR count). The highest BCUT2D eigenvalue weighted by Crippen LogP contribution is 2.31. The first kappa shape index (κ1) is 14.6. The van der Waals surface area contributed by atoms with Crippen LogP contribution in [0.4, 0.5) is 10.1 Å². The van der Waals surface area contributed by atoms with Crippen LogP contribution in [-0.4, -0.2) is 18.5 Å². The topological polar surface area (TPSA) is 32.3 Å². The molecule has 22 heavy (non-hydrogen) atoms. The molecule has 114 valence electrons. The highest BCUT2D eigenvalue weighted by molar-refractivity contribution is 5.82. The first-order chi connectivity index (χ1) is 10.6. The zero-order chi connectivity index (χ0) is 15.5. The van der Waals surface area contributed by atoms with Gasteiger partial charge in [-0.3, -0.25) is 4.79 Å². The van der Waals surface area contributed by atoms with Crippen molar-refractivity contribution in [1.82, 2.24) is 5.32 Å². The summed E-state index contributed by atoms with van der Waals surface area (Å²) < 4.78 is 12.8. The Morgan fingerprint density at radius 2 is 1.95 bits per heavy atom. The summed E-state index contributed by atoms with van der Waals surface area (Å²) in [5.41, 5.74) is 3.33. The predicted molar refractivity (Wildman–Crippen MR) is 85.2 cm³/mol. The fraction of sp³-hybridized carbons (Fsp3) is 0.278. The number of carbonyl (C=O) groups excluding carboxylic acids is 1. The third-order valence-corrected chi connectivity index (χ3v) is 4.07. The van der Waals surface area contributed by atoms with Crippen molar-refractivity contribution >= 4 is 11.6 Å². The molecule has 1 aliphatic rings. The number of hydrogen-bond acceptors (Lipinski definition) is 2. The van der Waals surface area contributed by atoms with E-state index < -0.39 is 0 Å². The predicted octanol–water partition coefficient (Wildman–Crippen LogP) is 2.89. The molecule has 0 saturated carbocycles. The molecule has 1 aliphatic heterocycles. The van der Waals surface area contributed by atoms with E-state index in [4.69, 9.17) is 0 Å². The molecule has 1 atom stereocenters. The van der Waals surface area contributed by atoms with Crippen molar-refractivity contribution in [2.24, 2.45) is 0 Å². The minimum atomic E-state index is -0.266. The number of nitrogens with zero attached hydrogens (tertiary/aromatic N) is 1. The lowest BCUT2D eigenvalue weighted by Gasteiger charge is -2.24. The number of benzene rings is 2. The van der Waals surface area contributed by atoms with Crippen molar-refractivity contribution < 1.29 is 9.18 Å². The zero-order valence-electron chi connectivity index (χ0n) is 12.6. The second kappa shape index (κ2) is 6.18. The first-order valence-corrected chi connectivity index (χ1v) is 7.49. The maximum absolute atomic E-state index is 12.8. The average Bonchev–Trinajstić information content (AvgIpc) is 2.83. The Balaban J connectivity index is 1.59. The van der Waals surface area contributed by atoms with Crippen LogP contribution in [0.25, 0.3) is 0 Å². The lowest BCUT2D eigenvalue weighted by molar-refractivity contribution is -0.120. The van der Waals surface area contributed by atoms with Gasteiger partial charge in [-0.15, -0.1) is 0 Å². The SMILES string of the molecule is C[C@@H]1Cc2ccccc2N1CC(=O)NCc1ccc(F)cc1. The van der Waals surface area contributed by atoms with Gasteiger partial charge in [0.05, 0.1) is 6.54 Å². The van der Waals surface area contributed by atoms with Gasteiger partial charge in [0, 0.05) is 18.3 Å². The van der Waals surface area contributed by atoms with Crippen LogP contribution < -0.4 is 10.2 Å². The third kappa shape index (κ3) is 3.11. The molecule has 0 saturated heterocycles. The smallest absolute Gasteiger partial charge is 0.239 e. The molecule has 0 unspecified atom stereocenters. The van der Waals surface area contributed by atoms with E-state index in [0.717, 1.165) is 17.7 Å². The number of nitrogens with one attached hydrogen (secondary N) is 1. The van der Waals surface area contributed by atoms with E-state index in [1.54, 1.807) is 12.1 Å². The van der Waals surface area contributed by atoms with Gasteiger partial charge >= 0.3 is 0 Å². The Labute approximate surface area is 129 Å². The molecule has 1 amide bonds. The van der Waals surface area contributed by atoms with Crippen molar-refractivity contribution in [1.29, 1.82) is 0 Å². The molecule has 2 aromatic rings. The molecule has 4 heteroatoms. The van der Waals surface area contributed by atoms with Crippen molar-refractivity contribution in [2.75, 3.05) is 11.4 Å². The molecule has 1 heterocycles. The molecule has 0 aromatic heterocycles. The maximum atomic E-state index is 12.8. The van der Waals surface area contributed by atoms with E-state index in [1.807, 2.05) is 12.1 Å². The molecule has 2 aromatic carbocycles. The molecule has 0 fully saturated rings. The Morgan fingerprint density at radius 3 is 2.73 bits per heavy atom. The van der Waals surface area contributed by atoms with Crippen LogP contribution in [0.3, 0.4) is 0 Å². The standard InChI is InChI=1S/C18H19FN2O/c1-13-10-15-4-2-3-5-17(15)21(13)12-18(22)20-11-14-6-8-16(19)9-7-14/h2-9,13H,10-12H2,1H3,(H,20,22)/t13-/m1/s1.